The normalized spacial score (nSPS) is 10.0. The average molecular weight is 348 g/mol. The fraction of sp³-hybridized carbons (Fsp3) is 0.133. The van der Waals surface area contributed by atoms with Crippen LogP contribution in [-0.4, -0.2) is 23.3 Å². The number of carbonyl (C=O) groups excluding carboxylic acids is 2. The molecule has 2 rings (SSSR count). The number of hydrogen-bond donors (Lipinski definition) is 2. The number of carbonyl (C=O) groups is 2. The van der Waals surface area contributed by atoms with Gasteiger partial charge in [-0.2, -0.15) is 0 Å². The Balaban J connectivity index is 2.14. The molecule has 2 amide bonds. The van der Waals surface area contributed by atoms with Crippen LogP contribution in [0.25, 0.3) is 0 Å². The molecule has 2 aromatic rings. The molecule has 1 aromatic heterocycles. The highest BCUT2D eigenvalue weighted by Crippen LogP contribution is 2.13. The molecule has 1 aromatic carbocycles. The first-order chi connectivity index (χ1) is 10.1. The zero-order valence-electron chi connectivity index (χ0n) is 11.4. The second-order valence-electron chi connectivity index (χ2n) is 4.24. The Morgan fingerprint density at radius 2 is 1.90 bits per heavy atom. The Labute approximate surface area is 130 Å². The molecular formula is C15H14BrN3O2. The number of rotatable bonds is 4. The van der Waals surface area contributed by atoms with Crippen LogP contribution in [0.2, 0.25) is 0 Å². The number of pyridine rings is 1. The van der Waals surface area contributed by atoms with Gasteiger partial charge in [0.1, 0.15) is 10.3 Å². The molecule has 0 radical (unpaired) electrons. The second-order valence-corrected chi connectivity index (χ2v) is 5.05. The van der Waals surface area contributed by atoms with E-state index in [2.05, 4.69) is 31.5 Å². The number of amides is 2. The molecule has 0 aliphatic rings. The van der Waals surface area contributed by atoms with E-state index >= 15 is 0 Å². The summed E-state index contributed by atoms with van der Waals surface area (Å²) in [4.78, 5) is 27.9. The lowest BCUT2D eigenvalue weighted by atomic mass is 10.2. The van der Waals surface area contributed by atoms with E-state index in [1.54, 1.807) is 42.5 Å². The van der Waals surface area contributed by atoms with Gasteiger partial charge in [0.05, 0.1) is 0 Å². The first kappa shape index (κ1) is 15.2. The van der Waals surface area contributed by atoms with Crippen LogP contribution in [0.5, 0.6) is 0 Å². The number of halogens is 1. The summed E-state index contributed by atoms with van der Waals surface area (Å²) >= 11 is 3.22. The fourth-order valence-electron chi connectivity index (χ4n) is 1.73. The number of nitrogens with one attached hydrogen (secondary N) is 2. The van der Waals surface area contributed by atoms with Crippen LogP contribution in [0.4, 0.5) is 5.69 Å². The summed E-state index contributed by atoms with van der Waals surface area (Å²) in [6.07, 6.45) is 0. The minimum Gasteiger partial charge on any atom is -0.352 e. The van der Waals surface area contributed by atoms with Crippen molar-refractivity contribution < 1.29 is 9.59 Å². The van der Waals surface area contributed by atoms with Gasteiger partial charge in [-0.25, -0.2) is 4.98 Å². The summed E-state index contributed by atoms with van der Waals surface area (Å²) in [5.41, 5.74) is 1.34. The van der Waals surface area contributed by atoms with Crippen LogP contribution < -0.4 is 10.6 Å². The second kappa shape index (κ2) is 6.99. The predicted octanol–water partition coefficient (Wildman–Crippen LogP) is 2.85. The van der Waals surface area contributed by atoms with Crippen molar-refractivity contribution >= 4 is 33.4 Å². The topological polar surface area (TPSA) is 71.1 Å². The average Bonchev–Trinajstić information content (AvgIpc) is 2.48. The molecule has 0 atom stereocenters. The van der Waals surface area contributed by atoms with Gasteiger partial charge >= 0.3 is 0 Å². The van der Waals surface area contributed by atoms with Crippen molar-refractivity contribution in [2.75, 3.05) is 11.9 Å². The van der Waals surface area contributed by atoms with E-state index in [1.807, 2.05) is 6.92 Å². The molecule has 0 spiro atoms. The van der Waals surface area contributed by atoms with Gasteiger partial charge in [0.2, 0.25) is 0 Å². The molecule has 0 saturated heterocycles. The summed E-state index contributed by atoms with van der Waals surface area (Å²) in [7, 11) is 0. The quantitative estimate of drug-likeness (QED) is 0.835. The molecular weight excluding hydrogens is 334 g/mol. The highest BCUT2D eigenvalue weighted by Gasteiger charge is 2.10. The number of aromatic nitrogens is 1. The van der Waals surface area contributed by atoms with Gasteiger partial charge in [-0.1, -0.05) is 12.1 Å². The van der Waals surface area contributed by atoms with E-state index in [9.17, 15) is 9.59 Å². The Bertz CT molecular complexity index is 673. The van der Waals surface area contributed by atoms with E-state index in [0.29, 0.717) is 28.1 Å². The third-order valence-electron chi connectivity index (χ3n) is 2.67. The molecule has 108 valence electrons. The zero-order chi connectivity index (χ0) is 15.2. The largest absolute Gasteiger partial charge is 0.352 e. The number of nitrogens with zero attached hydrogens (tertiary/aromatic N) is 1. The van der Waals surface area contributed by atoms with Crippen molar-refractivity contribution in [2.24, 2.45) is 0 Å². The summed E-state index contributed by atoms with van der Waals surface area (Å²) in [5, 5.41) is 5.43. The number of anilines is 1. The molecule has 0 fully saturated rings. The van der Waals surface area contributed by atoms with Crippen LogP contribution in [0.1, 0.15) is 27.8 Å². The van der Waals surface area contributed by atoms with E-state index in [4.69, 9.17) is 0 Å². The van der Waals surface area contributed by atoms with Crippen LogP contribution in [0, 0.1) is 0 Å². The monoisotopic (exact) mass is 347 g/mol. The highest BCUT2D eigenvalue weighted by molar-refractivity contribution is 9.10. The van der Waals surface area contributed by atoms with Crippen LogP contribution in [0.15, 0.2) is 47.1 Å². The summed E-state index contributed by atoms with van der Waals surface area (Å²) in [6.45, 7) is 2.40. The van der Waals surface area contributed by atoms with Crippen molar-refractivity contribution in [3.05, 3.63) is 58.3 Å². The first-order valence-corrected chi connectivity index (χ1v) is 7.21. The van der Waals surface area contributed by atoms with Crippen molar-refractivity contribution in [2.45, 2.75) is 6.92 Å². The SMILES string of the molecule is CCNC(=O)c1cccc(NC(=O)c2cccc(Br)n2)c1. The van der Waals surface area contributed by atoms with Crippen molar-refractivity contribution in [3.8, 4) is 0 Å². The van der Waals surface area contributed by atoms with E-state index < -0.39 is 0 Å². The smallest absolute Gasteiger partial charge is 0.274 e. The third kappa shape index (κ3) is 4.13. The Hall–Kier alpha value is -2.21. The molecule has 21 heavy (non-hydrogen) atoms. The lowest BCUT2D eigenvalue weighted by Crippen LogP contribution is -2.22. The first-order valence-electron chi connectivity index (χ1n) is 6.42. The van der Waals surface area contributed by atoms with Gasteiger partial charge in [-0.05, 0) is 53.2 Å². The summed E-state index contributed by atoms with van der Waals surface area (Å²) in [6, 6.07) is 11.9. The van der Waals surface area contributed by atoms with E-state index in [0.717, 1.165) is 0 Å². The Kier molecular flexibility index (Phi) is 5.05. The zero-order valence-corrected chi connectivity index (χ0v) is 13.0. The fourth-order valence-corrected chi connectivity index (χ4v) is 2.07. The molecule has 0 aliphatic heterocycles. The van der Waals surface area contributed by atoms with Crippen molar-refractivity contribution in [1.29, 1.82) is 0 Å². The van der Waals surface area contributed by atoms with Gasteiger partial charge in [-0.15, -0.1) is 0 Å². The Morgan fingerprint density at radius 3 is 2.62 bits per heavy atom. The standard InChI is InChI=1S/C15H14BrN3O2/c1-2-17-14(20)10-5-3-6-11(9-10)18-15(21)12-7-4-8-13(16)19-12/h3-9H,2H2,1H3,(H,17,20)(H,18,21). The van der Waals surface area contributed by atoms with Gasteiger partial charge in [0.15, 0.2) is 0 Å². The molecule has 5 nitrogen and oxygen atoms in total. The van der Waals surface area contributed by atoms with Gasteiger partial charge in [0.25, 0.3) is 11.8 Å². The predicted molar refractivity (Wildman–Crippen MR) is 84.3 cm³/mol. The molecule has 0 bridgehead atoms. The molecule has 1 heterocycles. The highest BCUT2D eigenvalue weighted by atomic mass is 79.9. The minimum atomic E-state index is -0.329. The summed E-state index contributed by atoms with van der Waals surface area (Å²) < 4.78 is 0.589. The maximum absolute atomic E-state index is 12.1. The van der Waals surface area contributed by atoms with Crippen LogP contribution in [0.3, 0.4) is 0 Å². The van der Waals surface area contributed by atoms with Gasteiger partial charge in [-0.3, -0.25) is 9.59 Å². The number of hydrogen-bond acceptors (Lipinski definition) is 3. The Morgan fingerprint density at radius 1 is 1.14 bits per heavy atom. The molecule has 0 saturated carbocycles. The maximum Gasteiger partial charge on any atom is 0.274 e. The lowest BCUT2D eigenvalue weighted by molar-refractivity contribution is 0.0954. The number of benzene rings is 1. The van der Waals surface area contributed by atoms with E-state index in [-0.39, 0.29) is 11.8 Å². The molecule has 6 heteroatoms. The maximum atomic E-state index is 12.1. The third-order valence-corrected chi connectivity index (χ3v) is 3.11. The van der Waals surface area contributed by atoms with Crippen molar-refractivity contribution in [3.63, 3.8) is 0 Å². The molecule has 0 unspecified atom stereocenters. The molecule has 0 aliphatic carbocycles. The minimum absolute atomic E-state index is 0.172. The summed E-state index contributed by atoms with van der Waals surface area (Å²) in [5.74, 6) is -0.501. The van der Waals surface area contributed by atoms with Crippen molar-refractivity contribution in [1.82, 2.24) is 10.3 Å². The van der Waals surface area contributed by atoms with E-state index in [1.165, 1.54) is 0 Å². The lowest BCUT2D eigenvalue weighted by Gasteiger charge is -2.07. The van der Waals surface area contributed by atoms with Gasteiger partial charge in [0, 0.05) is 17.8 Å². The van der Waals surface area contributed by atoms with Crippen LogP contribution >= 0.6 is 15.9 Å². The molecule has 2 N–H and O–H groups in total. The van der Waals surface area contributed by atoms with Gasteiger partial charge < -0.3 is 10.6 Å². The van der Waals surface area contributed by atoms with Crippen LogP contribution in [-0.2, 0) is 0 Å².